The van der Waals surface area contributed by atoms with Crippen molar-refractivity contribution in [2.75, 3.05) is 0 Å². The van der Waals surface area contributed by atoms with E-state index < -0.39 is 0 Å². The van der Waals surface area contributed by atoms with Crippen LogP contribution < -0.4 is 11.2 Å². The van der Waals surface area contributed by atoms with E-state index in [2.05, 4.69) is 11.6 Å². The van der Waals surface area contributed by atoms with Gasteiger partial charge in [0.05, 0.1) is 6.33 Å². The van der Waals surface area contributed by atoms with Crippen molar-refractivity contribution < 1.29 is 0 Å². The van der Waals surface area contributed by atoms with E-state index in [1.54, 1.807) is 17.7 Å². The van der Waals surface area contributed by atoms with Gasteiger partial charge in [-0.1, -0.05) is 6.08 Å². The monoisotopic (exact) mass is 220 g/mol. The van der Waals surface area contributed by atoms with Crippen LogP contribution in [0.1, 0.15) is 0 Å². The number of rotatable bonds is 2. The molecule has 6 nitrogen and oxygen atoms in total. The highest BCUT2D eigenvalue weighted by Gasteiger charge is 2.13. The molecule has 0 fully saturated rings. The fourth-order valence-corrected chi connectivity index (χ4v) is 1.70. The molecule has 2 heterocycles. The summed E-state index contributed by atoms with van der Waals surface area (Å²) in [6, 6.07) is 0. The Kier molecular flexibility index (Phi) is 2.26. The van der Waals surface area contributed by atoms with Crippen molar-refractivity contribution in [1.82, 2.24) is 18.7 Å². The Labute approximate surface area is 91.1 Å². The maximum atomic E-state index is 11.9. The van der Waals surface area contributed by atoms with Gasteiger partial charge >= 0.3 is 5.69 Å². The Morgan fingerprint density at radius 3 is 2.75 bits per heavy atom. The summed E-state index contributed by atoms with van der Waals surface area (Å²) in [4.78, 5) is 27.6. The van der Waals surface area contributed by atoms with Crippen LogP contribution >= 0.6 is 0 Å². The van der Waals surface area contributed by atoms with Crippen molar-refractivity contribution in [2.24, 2.45) is 14.1 Å². The Balaban J connectivity index is 3.07. The molecule has 0 amide bonds. The molecule has 0 N–H and O–H groups in total. The maximum Gasteiger partial charge on any atom is 0.332 e. The van der Waals surface area contributed by atoms with Crippen LogP contribution in [0.5, 0.6) is 0 Å². The highest BCUT2D eigenvalue weighted by molar-refractivity contribution is 5.69. The van der Waals surface area contributed by atoms with Crippen molar-refractivity contribution in [3.05, 3.63) is 39.8 Å². The van der Waals surface area contributed by atoms with Crippen molar-refractivity contribution in [3.63, 3.8) is 0 Å². The first-order valence-electron chi connectivity index (χ1n) is 4.79. The molecule has 84 valence electrons. The number of hydrogen-bond acceptors (Lipinski definition) is 3. The average Bonchev–Trinajstić information content (AvgIpc) is 2.64. The highest BCUT2D eigenvalue weighted by Crippen LogP contribution is 2.04. The number of hydrogen-bond donors (Lipinski definition) is 0. The minimum atomic E-state index is -0.374. The summed E-state index contributed by atoms with van der Waals surface area (Å²) >= 11 is 0. The van der Waals surface area contributed by atoms with E-state index in [0.717, 1.165) is 4.57 Å². The quantitative estimate of drug-likeness (QED) is 0.648. The average molecular weight is 220 g/mol. The number of imidazole rings is 1. The fourth-order valence-electron chi connectivity index (χ4n) is 1.70. The zero-order valence-electron chi connectivity index (χ0n) is 9.17. The molecule has 2 aromatic heterocycles. The van der Waals surface area contributed by atoms with Gasteiger partial charge in [0.2, 0.25) is 0 Å². The molecule has 0 aliphatic carbocycles. The van der Waals surface area contributed by atoms with Crippen LogP contribution in [0.4, 0.5) is 0 Å². The molecule has 0 bridgehead atoms. The highest BCUT2D eigenvalue weighted by atomic mass is 16.2. The van der Waals surface area contributed by atoms with E-state index in [0.29, 0.717) is 17.7 Å². The molecule has 0 aromatic carbocycles. The summed E-state index contributed by atoms with van der Waals surface area (Å²) < 4.78 is 4.18. The van der Waals surface area contributed by atoms with Gasteiger partial charge < -0.3 is 4.57 Å². The van der Waals surface area contributed by atoms with Gasteiger partial charge in [-0.2, -0.15) is 0 Å². The number of aryl methyl sites for hydroxylation is 1. The molecule has 0 unspecified atom stereocenters. The smallest absolute Gasteiger partial charge is 0.320 e. The van der Waals surface area contributed by atoms with Gasteiger partial charge in [0, 0.05) is 20.6 Å². The lowest BCUT2D eigenvalue weighted by molar-refractivity contribution is 0.667. The molecule has 0 aliphatic rings. The third-order valence-corrected chi connectivity index (χ3v) is 2.50. The van der Waals surface area contributed by atoms with Crippen LogP contribution in [-0.2, 0) is 20.6 Å². The lowest BCUT2D eigenvalue weighted by Crippen LogP contribution is -2.38. The van der Waals surface area contributed by atoms with E-state index in [4.69, 9.17) is 0 Å². The fraction of sp³-hybridized carbons (Fsp3) is 0.300. The number of nitrogens with zero attached hydrogens (tertiary/aromatic N) is 4. The molecule has 2 aromatic rings. The van der Waals surface area contributed by atoms with Crippen molar-refractivity contribution in [3.8, 4) is 0 Å². The summed E-state index contributed by atoms with van der Waals surface area (Å²) in [5, 5.41) is 0. The minimum absolute atomic E-state index is 0.298. The second-order valence-corrected chi connectivity index (χ2v) is 3.57. The molecule has 2 rings (SSSR count). The lowest BCUT2D eigenvalue weighted by Gasteiger charge is -2.07. The summed E-state index contributed by atoms with van der Waals surface area (Å²) in [5.74, 6) is 0. The SMILES string of the molecule is C=CCn1c(=O)n(C)c(=O)c2ncn(C)c21. The second kappa shape index (κ2) is 3.48. The van der Waals surface area contributed by atoms with Crippen LogP contribution in [0.15, 0.2) is 28.6 Å². The molecule has 0 saturated carbocycles. The number of fused-ring (bicyclic) bond motifs is 1. The van der Waals surface area contributed by atoms with Crippen molar-refractivity contribution in [1.29, 1.82) is 0 Å². The topological polar surface area (TPSA) is 61.8 Å². The Bertz CT molecular complexity index is 674. The Morgan fingerprint density at radius 1 is 1.44 bits per heavy atom. The first-order valence-corrected chi connectivity index (χ1v) is 4.79. The van der Waals surface area contributed by atoms with Crippen molar-refractivity contribution in [2.45, 2.75) is 6.54 Å². The predicted octanol–water partition coefficient (Wildman–Crippen LogP) is -0.380. The van der Waals surface area contributed by atoms with E-state index in [1.165, 1.54) is 17.9 Å². The van der Waals surface area contributed by atoms with Crippen LogP contribution in [0.2, 0.25) is 0 Å². The van der Waals surface area contributed by atoms with E-state index >= 15 is 0 Å². The molecule has 16 heavy (non-hydrogen) atoms. The zero-order valence-corrected chi connectivity index (χ0v) is 9.17. The normalized spacial score (nSPS) is 10.9. The number of aromatic nitrogens is 4. The first-order chi connectivity index (χ1) is 7.57. The van der Waals surface area contributed by atoms with Gasteiger partial charge in [-0.05, 0) is 0 Å². The van der Waals surface area contributed by atoms with Gasteiger partial charge in [-0.25, -0.2) is 9.78 Å². The first kappa shape index (κ1) is 10.4. The largest absolute Gasteiger partial charge is 0.332 e. The van der Waals surface area contributed by atoms with E-state index in [-0.39, 0.29) is 11.2 Å². The van der Waals surface area contributed by atoms with Gasteiger partial charge in [-0.3, -0.25) is 13.9 Å². The van der Waals surface area contributed by atoms with Crippen LogP contribution in [0, 0.1) is 0 Å². The van der Waals surface area contributed by atoms with Crippen LogP contribution in [0.25, 0.3) is 11.2 Å². The maximum absolute atomic E-state index is 11.9. The molecule has 0 saturated heterocycles. The second-order valence-electron chi connectivity index (χ2n) is 3.57. The molecular formula is C10H12N4O2. The zero-order chi connectivity index (χ0) is 11.9. The predicted molar refractivity (Wildman–Crippen MR) is 60.4 cm³/mol. The molecule has 0 radical (unpaired) electrons. The van der Waals surface area contributed by atoms with Crippen molar-refractivity contribution >= 4 is 11.2 Å². The molecule has 0 atom stereocenters. The van der Waals surface area contributed by atoms with Crippen LogP contribution in [0.3, 0.4) is 0 Å². The summed E-state index contributed by atoms with van der Waals surface area (Å²) in [6.45, 7) is 3.94. The molecular weight excluding hydrogens is 208 g/mol. The third-order valence-electron chi connectivity index (χ3n) is 2.50. The summed E-state index contributed by atoms with van der Waals surface area (Å²) in [5.41, 5.74) is 0.0846. The van der Waals surface area contributed by atoms with Crippen LogP contribution in [-0.4, -0.2) is 18.7 Å². The third kappa shape index (κ3) is 1.23. The lowest BCUT2D eigenvalue weighted by atomic mass is 10.5. The molecule has 6 heteroatoms. The Morgan fingerprint density at radius 2 is 2.12 bits per heavy atom. The van der Waals surface area contributed by atoms with Gasteiger partial charge in [0.15, 0.2) is 5.52 Å². The van der Waals surface area contributed by atoms with E-state index in [9.17, 15) is 9.59 Å². The Hall–Kier alpha value is -2.11. The molecule has 0 aliphatic heterocycles. The van der Waals surface area contributed by atoms with Gasteiger partial charge in [0.1, 0.15) is 5.65 Å². The standard InChI is InChI=1S/C10H12N4O2/c1-4-5-14-8-7(11-6-12(8)2)9(15)13(3)10(14)16/h4,6H,1,5H2,2-3H3. The van der Waals surface area contributed by atoms with Gasteiger partial charge in [0.25, 0.3) is 5.56 Å². The minimum Gasteiger partial charge on any atom is -0.320 e. The molecule has 0 spiro atoms. The number of allylic oxidation sites excluding steroid dienone is 1. The summed E-state index contributed by atoms with van der Waals surface area (Å²) in [7, 11) is 3.19. The van der Waals surface area contributed by atoms with E-state index in [1.807, 2.05) is 0 Å². The summed E-state index contributed by atoms with van der Waals surface area (Å²) in [6.07, 6.45) is 3.13. The van der Waals surface area contributed by atoms with Gasteiger partial charge in [-0.15, -0.1) is 6.58 Å².